The molecule has 1 amide bonds. The van der Waals surface area contributed by atoms with Gasteiger partial charge in [-0.3, -0.25) is 4.79 Å². The van der Waals surface area contributed by atoms with Gasteiger partial charge in [0.25, 0.3) is 0 Å². The van der Waals surface area contributed by atoms with Crippen LogP contribution in [0.5, 0.6) is 5.75 Å². The summed E-state index contributed by atoms with van der Waals surface area (Å²) in [6.07, 6.45) is 0.530. The van der Waals surface area contributed by atoms with Gasteiger partial charge in [-0.05, 0) is 18.6 Å². The molecule has 0 aliphatic rings. The average Bonchev–Trinajstić information content (AvgIpc) is 2.37. The van der Waals surface area contributed by atoms with Crippen molar-refractivity contribution in [1.82, 2.24) is 5.32 Å². The number of amides is 1. The summed E-state index contributed by atoms with van der Waals surface area (Å²) in [6, 6.07) is 11.3. The van der Waals surface area contributed by atoms with Crippen LogP contribution in [-0.4, -0.2) is 19.1 Å². The van der Waals surface area contributed by atoms with Crippen molar-refractivity contribution in [2.75, 3.05) is 13.2 Å². The van der Waals surface area contributed by atoms with E-state index >= 15 is 0 Å². The zero-order valence-electron chi connectivity index (χ0n) is 9.85. The molecule has 0 heterocycles. The summed E-state index contributed by atoms with van der Waals surface area (Å²) < 4.78 is 5.41. The lowest BCUT2D eigenvalue weighted by atomic mass is 10.1. The van der Waals surface area contributed by atoms with Gasteiger partial charge in [-0.25, -0.2) is 0 Å². The van der Waals surface area contributed by atoms with E-state index in [1.807, 2.05) is 43.3 Å². The number of nitrogens with one attached hydrogen (secondary N) is 1. The first-order valence-electron chi connectivity index (χ1n) is 5.63. The van der Waals surface area contributed by atoms with Crippen molar-refractivity contribution in [3.05, 3.63) is 30.3 Å². The number of carbonyl (C=O) groups is 1. The van der Waals surface area contributed by atoms with Gasteiger partial charge in [-0.15, -0.1) is 0 Å². The molecule has 0 saturated carbocycles. The minimum absolute atomic E-state index is 0.230. The fourth-order valence-corrected chi connectivity index (χ4v) is 1.32. The first-order valence-corrected chi connectivity index (χ1v) is 5.63. The predicted molar refractivity (Wildman–Crippen MR) is 64.3 cm³/mol. The van der Waals surface area contributed by atoms with Crippen LogP contribution < -0.4 is 10.1 Å². The lowest BCUT2D eigenvalue weighted by molar-refractivity contribution is -0.123. The number of carbonyl (C=O) groups excluding carboxylic acids is 1. The molecule has 4 heteroatoms. The summed E-state index contributed by atoms with van der Waals surface area (Å²) in [5.41, 5.74) is 0. The molecule has 1 aromatic carbocycles. The molecule has 1 unspecified atom stereocenters. The first-order chi connectivity index (χ1) is 8.27. The third-order valence-electron chi connectivity index (χ3n) is 2.29. The Morgan fingerprint density at radius 2 is 2.18 bits per heavy atom. The Balaban J connectivity index is 2.21. The smallest absolute Gasteiger partial charge is 0.237 e. The second-order valence-corrected chi connectivity index (χ2v) is 3.54. The van der Waals surface area contributed by atoms with Crippen LogP contribution in [-0.2, 0) is 4.79 Å². The van der Waals surface area contributed by atoms with Crippen LogP contribution in [0.4, 0.5) is 0 Å². The normalized spacial score (nSPS) is 11.3. The van der Waals surface area contributed by atoms with E-state index in [9.17, 15) is 4.79 Å². The highest BCUT2D eigenvalue weighted by molar-refractivity contribution is 5.80. The molecule has 1 aromatic rings. The lowest BCUT2D eigenvalue weighted by Crippen LogP contribution is -2.32. The maximum absolute atomic E-state index is 11.4. The molecule has 0 saturated heterocycles. The largest absolute Gasteiger partial charge is 0.492 e. The summed E-state index contributed by atoms with van der Waals surface area (Å²) in [6.45, 7) is 2.62. The molecule has 0 aliphatic carbocycles. The summed E-state index contributed by atoms with van der Waals surface area (Å²) in [5.74, 6) is -0.0209. The molecule has 1 N–H and O–H groups in total. The van der Waals surface area contributed by atoms with Crippen molar-refractivity contribution in [3.8, 4) is 11.8 Å². The number of hydrogen-bond acceptors (Lipinski definition) is 3. The Morgan fingerprint density at radius 1 is 1.47 bits per heavy atom. The quantitative estimate of drug-likeness (QED) is 0.760. The molecule has 0 fully saturated rings. The van der Waals surface area contributed by atoms with Crippen molar-refractivity contribution in [2.24, 2.45) is 5.92 Å². The SMILES string of the molecule is CCC(C#N)C(=O)NCCOc1ccccc1. The predicted octanol–water partition coefficient (Wildman–Crippen LogP) is 1.73. The minimum atomic E-state index is -0.563. The highest BCUT2D eigenvalue weighted by atomic mass is 16.5. The average molecular weight is 232 g/mol. The Kier molecular flexibility index (Phi) is 5.59. The van der Waals surface area contributed by atoms with Gasteiger partial charge in [0.05, 0.1) is 12.6 Å². The number of benzene rings is 1. The fraction of sp³-hybridized carbons (Fsp3) is 0.385. The van der Waals surface area contributed by atoms with Crippen LogP contribution in [0.25, 0.3) is 0 Å². The lowest BCUT2D eigenvalue weighted by Gasteiger charge is -2.09. The first kappa shape index (κ1) is 13.0. The molecule has 1 rings (SSSR count). The Bertz CT molecular complexity index is 384. The fourth-order valence-electron chi connectivity index (χ4n) is 1.32. The number of rotatable bonds is 6. The molecule has 0 radical (unpaired) electrons. The van der Waals surface area contributed by atoms with Crippen LogP contribution in [0.1, 0.15) is 13.3 Å². The van der Waals surface area contributed by atoms with E-state index < -0.39 is 5.92 Å². The van der Waals surface area contributed by atoms with Crippen LogP contribution in [0.15, 0.2) is 30.3 Å². The molecule has 90 valence electrons. The van der Waals surface area contributed by atoms with Gasteiger partial charge in [0.2, 0.25) is 5.91 Å². The molecule has 17 heavy (non-hydrogen) atoms. The Morgan fingerprint density at radius 3 is 2.76 bits per heavy atom. The van der Waals surface area contributed by atoms with Crippen LogP contribution in [0.3, 0.4) is 0 Å². The van der Waals surface area contributed by atoms with Crippen molar-refractivity contribution in [2.45, 2.75) is 13.3 Å². The van der Waals surface area contributed by atoms with Gasteiger partial charge in [-0.1, -0.05) is 25.1 Å². The molecule has 0 spiro atoms. The van der Waals surface area contributed by atoms with Gasteiger partial charge in [-0.2, -0.15) is 5.26 Å². The van der Waals surface area contributed by atoms with Gasteiger partial charge in [0.15, 0.2) is 0 Å². The zero-order valence-corrected chi connectivity index (χ0v) is 9.85. The summed E-state index contributed by atoms with van der Waals surface area (Å²) in [4.78, 5) is 11.4. The molecule has 0 bridgehead atoms. The van der Waals surface area contributed by atoms with Crippen molar-refractivity contribution >= 4 is 5.91 Å². The molecule has 4 nitrogen and oxygen atoms in total. The standard InChI is InChI=1S/C13H16N2O2/c1-2-11(10-14)13(16)15-8-9-17-12-6-4-3-5-7-12/h3-7,11H,2,8-9H2,1H3,(H,15,16). The van der Waals surface area contributed by atoms with Crippen LogP contribution >= 0.6 is 0 Å². The van der Waals surface area contributed by atoms with Gasteiger partial charge in [0, 0.05) is 0 Å². The van der Waals surface area contributed by atoms with Crippen molar-refractivity contribution in [1.29, 1.82) is 5.26 Å². The van der Waals surface area contributed by atoms with E-state index in [1.165, 1.54) is 0 Å². The molecule has 0 aromatic heterocycles. The summed E-state index contributed by atoms with van der Waals surface area (Å²) in [5, 5.41) is 11.4. The summed E-state index contributed by atoms with van der Waals surface area (Å²) >= 11 is 0. The number of nitrogens with zero attached hydrogens (tertiary/aromatic N) is 1. The maximum Gasteiger partial charge on any atom is 0.237 e. The highest BCUT2D eigenvalue weighted by Gasteiger charge is 2.14. The molecular weight excluding hydrogens is 216 g/mol. The van der Waals surface area contributed by atoms with E-state index in [4.69, 9.17) is 10.00 Å². The molecular formula is C13H16N2O2. The van der Waals surface area contributed by atoms with E-state index in [0.717, 1.165) is 5.75 Å². The Hall–Kier alpha value is -2.02. The van der Waals surface area contributed by atoms with E-state index in [1.54, 1.807) is 0 Å². The maximum atomic E-state index is 11.4. The van der Waals surface area contributed by atoms with E-state index in [-0.39, 0.29) is 5.91 Å². The van der Waals surface area contributed by atoms with Gasteiger partial charge < -0.3 is 10.1 Å². The highest BCUT2D eigenvalue weighted by Crippen LogP contribution is 2.07. The minimum Gasteiger partial charge on any atom is -0.492 e. The van der Waals surface area contributed by atoms with Crippen LogP contribution in [0.2, 0.25) is 0 Å². The Labute approximate surface area is 101 Å². The number of hydrogen-bond donors (Lipinski definition) is 1. The zero-order chi connectivity index (χ0) is 12.5. The van der Waals surface area contributed by atoms with Gasteiger partial charge >= 0.3 is 0 Å². The van der Waals surface area contributed by atoms with E-state index in [2.05, 4.69) is 5.32 Å². The number of para-hydroxylation sites is 1. The van der Waals surface area contributed by atoms with Gasteiger partial charge in [0.1, 0.15) is 18.3 Å². The topological polar surface area (TPSA) is 62.1 Å². The third kappa shape index (κ3) is 4.56. The molecule has 0 aliphatic heterocycles. The monoisotopic (exact) mass is 232 g/mol. The second-order valence-electron chi connectivity index (χ2n) is 3.54. The third-order valence-corrected chi connectivity index (χ3v) is 2.29. The van der Waals surface area contributed by atoms with Crippen molar-refractivity contribution < 1.29 is 9.53 Å². The van der Waals surface area contributed by atoms with Crippen LogP contribution in [0, 0.1) is 17.2 Å². The van der Waals surface area contributed by atoms with Crippen molar-refractivity contribution in [3.63, 3.8) is 0 Å². The van der Waals surface area contributed by atoms with E-state index in [0.29, 0.717) is 19.6 Å². The molecule has 1 atom stereocenters. The number of nitriles is 1. The number of ether oxygens (including phenoxy) is 1. The second kappa shape index (κ2) is 7.29. The summed E-state index contributed by atoms with van der Waals surface area (Å²) in [7, 11) is 0.